The minimum atomic E-state index is -0.869. The van der Waals surface area contributed by atoms with Gasteiger partial charge in [-0.25, -0.2) is 0 Å². The van der Waals surface area contributed by atoms with Crippen LogP contribution in [0.3, 0.4) is 0 Å². The van der Waals surface area contributed by atoms with Crippen LogP contribution in [0.4, 0.5) is 0 Å². The first-order valence-corrected chi connectivity index (χ1v) is 5.73. The maximum absolute atomic E-state index is 11.9. The third-order valence-corrected chi connectivity index (χ3v) is 3.03. The van der Waals surface area contributed by atoms with Crippen molar-refractivity contribution in [1.29, 1.82) is 0 Å². The van der Waals surface area contributed by atoms with Gasteiger partial charge in [-0.3, -0.25) is 4.79 Å². The van der Waals surface area contributed by atoms with Gasteiger partial charge in [0.1, 0.15) is 5.60 Å². The first-order valence-electron chi connectivity index (χ1n) is 5.73. The van der Waals surface area contributed by atoms with Gasteiger partial charge in [-0.05, 0) is 12.5 Å². The van der Waals surface area contributed by atoms with Crippen molar-refractivity contribution in [1.82, 2.24) is 5.32 Å². The molecule has 1 aromatic rings. The van der Waals surface area contributed by atoms with Crippen LogP contribution in [0.5, 0.6) is 0 Å². The number of ether oxygens (including phenoxy) is 1. The van der Waals surface area contributed by atoms with E-state index in [-0.39, 0.29) is 18.4 Å². The number of nitrogens with one attached hydrogen (secondary N) is 1. The zero-order valence-corrected chi connectivity index (χ0v) is 9.85. The first kappa shape index (κ1) is 12.1. The lowest BCUT2D eigenvalue weighted by Crippen LogP contribution is -2.57. The zero-order valence-electron chi connectivity index (χ0n) is 9.85. The molecule has 0 aromatic heterocycles. The van der Waals surface area contributed by atoms with E-state index in [1.54, 1.807) is 0 Å². The van der Waals surface area contributed by atoms with Gasteiger partial charge in [0, 0.05) is 0 Å². The number of carbonyl (C=O) groups excluding carboxylic acids is 1. The fourth-order valence-corrected chi connectivity index (χ4v) is 1.74. The van der Waals surface area contributed by atoms with Crippen LogP contribution in [0.1, 0.15) is 18.4 Å². The Balaban J connectivity index is 1.87. The summed E-state index contributed by atoms with van der Waals surface area (Å²) < 4.78 is 4.91. The van der Waals surface area contributed by atoms with Crippen LogP contribution < -0.4 is 5.32 Å². The van der Waals surface area contributed by atoms with Crippen LogP contribution >= 0.6 is 0 Å². The van der Waals surface area contributed by atoms with Crippen molar-refractivity contribution in [2.45, 2.75) is 18.4 Å². The molecule has 1 atom stereocenters. The molecule has 4 nitrogen and oxygen atoms in total. The second-order valence-electron chi connectivity index (χ2n) is 4.57. The van der Waals surface area contributed by atoms with Gasteiger partial charge in [0.15, 0.2) is 0 Å². The number of hydrogen-bond acceptors (Lipinski definition) is 3. The number of aliphatic hydroxyl groups is 1. The molecule has 0 aliphatic carbocycles. The van der Waals surface area contributed by atoms with Crippen molar-refractivity contribution in [2.24, 2.45) is 0 Å². The molecule has 0 bridgehead atoms. The van der Waals surface area contributed by atoms with Gasteiger partial charge in [-0.2, -0.15) is 0 Å². The maximum atomic E-state index is 11.9. The quantitative estimate of drug-likeness (QED) is 0.806. The van der Waals surface area contributed by atoms with E-state index in [0.29, 0.717) is 13.2 Å². The molecule has 1 unspecified atom stereocenters. The summed E-state index contributed by atoms with van der Waals surface area (Å²) in [6.07, 6.45) is 0. The van der Waals surface area contributed by atoms with E-state index < -0.39 is 5.60 Å². The molecule has 1 aliphatic heterocycles. The standard InChI is InChI=1S/C13H17NO3/c1-10(11-5-3-2-4-6-11)12(15)14-7-13(16)8-17-9-13/h2-6,10,16H,7-9H2,1H3,(H,14,15). The summed E-state index contributed by atoms with van der Waals surface area (Å²) in [5.41, 5.74) is 0.105. The van der Waals surface area contributed by atoms with E-state index in [1.165, 1.54) is 0 Å². The lowest BCUT2D eigenvalue weighted by molar-refractivity contribution is -0.176. The number of rotatable bonds is 4. The Hall–Kier alpha value is -1.39. The number of benzene rings is 1. The van der Waals surface area contributed by atoms with Crippen LogP contribution in [-0.4, -0.2) is 36.4 Å². The molecule has 1 heterocycles. The third-order valence-electron chi connectivity index (χ3n) is 3.03. The average Bonchev–Trinajstić information content (AvgIpc) is 2.33. The van der Waals surface area contributed by atoms with Crippen LogP contribution in [-0.2, 0) is 9.53 Å². The molecule has 2 rings (SSSR count). The molecule has 1 aliphatic rings. The lowest BCUT2D eigenvalue weighted by Gasteiger charge is -2.36. The highest BCUT2D eigenvalue weighted by molar-refractivity contribution is 5.83. The minimum absolute atomic E-state index is 0.0727. The monoisotopic (exact) mass is 235 g/mol. The normalized spacial score (nSPS) is 19.2. The second-order valence-corrected chi connectivity index (χ2v) is 4.57. The van der Waals surface area contributed by atoms with Crippen LogP contribution in [0.2, 0.25) is 0 Å². The van der Waals surface area contributed by atoms with Crippen molar-refractivity contribution >= 4 is 5.91 Å². The van der Waals surface area contributed by atoms with Crippen molar-refractivity contribution in [3.63, 3.8) is 0 Å². The molecule has 1 fully saturated rings. The van der Waals surface area contributed by atoms with E-state index in [0.717, 1.165) is 5.56 Å². The Bertz CT molecular complexity index is 387. The predicted octanol–water partition coefficient (Wildman–Crippen LogP) is 0.668. The van der Waals surface area contributed by atoms with Crippen LogP contribution in [0, 0.1) is 0 Å². The first-order chi connectivity index (χ1) is 8.11. The molecular formula is C13H17NO3. The molecule has 17 heavy (non-hydrogen) atoms. The van der Waals surface area contributed by atoms with Gasteiger partial charge < -0.3 is 15.2 Å². The van der Waals surface area contributed by atoms with E-state index >= 15 is 0 Å². The maximum Gasteiger partial charge on any atom is 0.227 e. The number of carbonyl (C=O) groups is 1. The lowest BCUT2D eigenvalue weighted by atomic mass is 9.99. The number of amides is 1. The predicted molar refractivity (Wildman–Crippen MR) is 63.6 cm³/mol. The second kappa shape index (κ2) is 4.85. The van der Waals surface area contributed by atoms with Gasteiger partial charge in [-0.15, -0.1) is 0 Å². The molecule has 0 saturated carbocycles. The topological polar surface area (TPSA) is 58.6 Å². The molecule has 1 aromatic carbocycles. The molecule has 1 amide bonds. The van der Waals surface area contributed by atoms with Crippen molar-refractivity contribution < 1.29 is 14.6 Å². The summed E-state index contributed by atoms with van der Waals surface area (Å²) in [5, 5.41) is 12.5. The summed E-state index contributed by atoms with van der Waals surface area (Å²) in [6, 6.07) is 9.58. The average molecular weight is 235 g/mol. The van der Waals surface area contributed by atoms with Gasteiger partial charge in [0.05, 0.1) is 25.7 Å². The highest BCUT2D eigenvalue weighted by Crippen LogP contribution is 2.17. The Morgan fingerprint density at radius 3 is 2.65 bits per heavy atom. The zero-order chi connectivity index (χ0) is 12.3. The van der Waals surface area contributed by atoms with Crippen molar-refractivity contribution in [2.75, 3.05) is 19.8 Å². The Labute approximate surface area is 101 Å². The van der Waals surface area contributed by atoms with E-state index in [9.17, 15) is 9.90 Å². The summed E-state index contributed by atoms with van der Waals surface area (Å²) >= 11 is 0. The summed E-state index contributed by atoms with van der Waals surface area (Å²) in [6.45, 7) is 2.70. The summed E-state index contributed by atoms with van der Waals surface area (Å²) in [5.74, 6) is -0.280. The van der Waals surface area contributed by atoms with E-state index in [4.69, 9.17) is 4.74 Å². The van der Waals surface area contributed by atoms with Gasteiger partial charge in [0.2, 0.25) is 5.91 Å². The summed E-state index contributed by atoms with van der Waals surface area (Å²) in [4.78, 5) is 11.9. The van der Waals surface area contributed by atoms with Crippen molar-refractivity contribution in [3.05, 3.63) is 35.9 Å². The molecular weight excluding hydrogens is 218 g/mol. The van der Waals surface area contributed by atoms with E-state index in [2.05, 4.69) is 5.32 Å². The largest absolute Gasteiger partial charge is 0.383 e. The molecule has 4 heteroatoms. The third kappa shape index (κ3) is 2.84. The SMILES string of the molecule is CC(C(=O)NCC1(O)COC1)c1ccccc1. The Morgan fingerprint density at radius 2 is 2.12 bits per heavy atom. The fourth-order valence-electron chi connectivity index (χ4n) is 1.74. The highest BCUT2D eigenvalue weighted by Gasteiger charge is 2.36. The molecule has 0 spiro atoms. The minimum Gasteiger partial charge on any atom is -0.383 e. The summed E-state index contributed by atoms with van der Waals surface area (Å²) in [7, 11) is 0. The highest BCUT2D eigenvalue weighted by atomic mass is 16.5. The number of hydrogen-bond donors (Lipinski definition) is 2. The van der Waals surface area contributed by atoms with Crippen LogP contribution in [0.15, 0.2) is 30.3 Å². The molecule has 92 valence electrons. The molecule has 1 saturated heterocycles. The fraction of sp³-hybridized carbons (Fsp3) is 0.462. The smallest absolute Gasteiger partial charge is 0.227 e. The Morgan fingerprint density at radius 1 is 1.47 bits per heavy atom. The van der Waals surface area contributed by atoms with Gasteiger partial charge in [0.25, 0.3) is 0 Å². The molecule has 0 radical (unpaired) electrons. The van der Waals surface area contributed by atoms with Gasteiger partial charge in [-0.1, -0.05) is 30.3 Å². The van der Waals surface area contributed by atoms with Crippen LogP contribution in [0.25, 0.3) is 0 Å². The van der Waals surface area contributed by atoms with Crippen molar-refractivity contribution in [3.8, 4) is 0 Å². The van der Waals surface area contributed by atoms with E-state index in [1.807, 2.05) is 37.3 Å². The van der Waals surface area contributed by atoms with Gasteiger partial charge >= 0.3 is 0 Å². The molecule has 2 N–H and O–H groups in total. The Kier molecular flexibility index (Phi) is 3.45.